The van der Waals surface area contributed by atoms with Crippen LogP contribution in [0.4, 0.5) is 0 Å². The van der Waals surface area contributed by atoms with Crippen molar-refractivity contribution < 1.29 is 9.47 Å². The van der Waals surface area contributed by atoms with E-state index in [0.717, 1.165) is 11.5 Å². The Labute approximate surface area is 112 Å². The van der Waals surface area contributed by atoms with Crippen molar-refractivity contribution in [1.82, 2.24) is 0 Å². The third-order valence-corrected chi connectivity index (χ3v) is 4.88. The molecule has 1 aromatic rings. The lowest BCUT2D eigenvalue weighted by Gasteiger charge is -2.27. The number of rotatable bonds is 3. The monoisotopic (exact) mass is 265 g/mol. The molecule has 1 unspecified atom stereocenters. The molecule has 0 aromatic heterocycles. The summed E-state index contributed by atoms with van der Waals surface area (Å²) >= 11 is 1.73. The number of ether oxygens (including phenoxy) is 2. The lowest BCUT2D eigenvalue weighted by molar-refractivity contribution is 0.166. The van der Waals surface area contributed by atoms with Crippen LogP contribution in [0.3, 0.4) is 0 Å². The van der Waals surface area contributed by atoms with Crippen LogP contribution in [0.2, 0.25) is 0 Å². The van der Waals surface area contributed by atoms with Crippen molar-refractivity contribution in [2.75, 3.05) is 19.5 Å². The predicted octanol–water partition coefficient (Wildman–Crippen LogP) is 2.56. The third-order valence-electron chi connectivity index (χ3n) is 4.06. The minimum Gasteiger partial charge on any atom is -0.486 e. The molecule has 2 aliphatic rings. The molecular formula is C14H19NO2S. The lowest BCUT2D eigenvalue weighted by atomic mass is 9.89. The Morgan fingerprint density at radius 2 is 2.00 bits per heavy atom. The Bertz CT molecular complexity index is 469. The molecule has 0 bridgehead atoms. The van der Waals surface area contributed by atoms with Crippen molar-refractivity contribution >= 4 is 11.8 Å². The second kappa shape index (κ2) is 4.35. The summed E-state index contributed by atoms with van der Waals surface area (Å²) in [4.78, 5) is 1.21. The zero-order chi connectivity index (χ0) is 12.8. The lowest BCUT2D eigenvalue weighted by Crippen LogP contribution is -2.32. The molecule has 1 heterocycles. The number of thioether (sulfide) groups is 1. The maximum absolute atomic E-state index is 6.18. The Morgan fingerprint density at radius 1 is 1.28 bits per heavy atom. The maximum atomic E-state index is 6.18. The molecular weight excluding hydrogens is 246 g/mol. The summed E-state index contributed by atoms with van der Waals surface area (Å²) in [5.74, 6) is 1.79. The first kappa shape index (κ1) is 12.2. The molecule has 0 spiro atoms. The summed E-state index contributed by atoms with van der Waals surface area (Å²) in [5, 5.41) is 0. The minimum atomic E-state index is 0.161. The summed E-state index contributed by atoms with van der Waals surface area (Å²) < 4.78 is 11.4. The van der Waals surface area contributed by atoms with Gasteiger partial charge in [-0.2, -0.15) is 0 Å². The van der Waals surface area contributed by atoms with Crippen LogP contribution in [0.25, 0.3) is 0 Å². The highest BCUT2D eigenvalue weighted by atomic mass is 32.2. The van der Waals surface area contributed by atoms with Crippen LogP contribution in [0.5, 0.6) is 11.5 Å². The fourth-order valence-electron chi connectivity index (χ4n) is 2.79. The molecule has 3 nitrogen and oxygen atoms in total. The fourth-order valence-corrected chi connectivity index (χ4v) is 3.63. The number of hydrogen-bond donors (Lipinski definition) is 1. The highest BCUT2D eigenvalue weighted by Crippen LogP contribution is 2.55. The van der Waals surface area contributed by atoms with E-state index in [4.69, 9.17) is 15.2 Å². The van der Waals surface area contributed by atoms with Gasteiger partial charge in [0.15, 0.2) is 11.5 Å². The molecule has 3 rings (SSSR count). The van der Waals surface area contributed by atoms with Gasteiger partial charge in [0, 0.05) is 11.5 Å². The maximum Gasteiger partial charge on any atom is 0.175 e. The molecule has 1 fully saturated rings. The van der Waals surface area contributed by atoms with Gasteiger partial charge in [0.05, 0.1) is 4.90 Å². The van der Waals surface area contributed by atoms with Crippen molar-refractivity contribution in [2.45, 2.75) is 36.1 Å². The largest absolute Gasteiger partial charge is 0.486 e. The number of fused-ring (bicyclic) bond motifs is 1. The topological polar surface area (TPSA) is 44.5 Å². The first-order valence-electron chi connectivity index (χ1n) is 6.42. The molecule has 2 N–H and O–H groups in total. The summed E-state index contributed by atoms with van der Waals surface area (Å²) in [6.45, 7) is 3.38. The fraction of sp³-hybridized carbons (Fsp3) is 0.571. The van der Waals surface area contributed by atoms with Crippen molar-refractivity contribution in [1.29, 1.82) is 0 Å². The SMILES string of the molecule is CSc1c(C2(C(C)N)CC2)ccc2c1OCCO2. The van der Waals surface area contributed by atoms with E-state index in [1.165, 1.54) is 23.3 Å². The summed E-state index contributed by atoms with van der Waals surface area (Å²) in [7, 11) is 0. The van der Waals surface area contributed by atoms with E-state index in [2.05, 4.69) is 19.2 Å². The Balaban J connectivity index is 2.11. The average Bonchev–Trinajstić information content (AvgIpc) is 3.18. The number of hydrogen-bond acceptors (Lipinski definition) is 4. The molecule has 0 saturated heterocycles. The summed E-state index contributed by atoms with van der Waals surface area (Å²) in [6, 6.07) is 4.40. The van der Waals surface area contributed by atoms with Gasteiger partial charge in [0.2, 0.25) is 0 Å². The zero-order valence-electron chi connectivity index (χ0n) is 10.9. The second-order valence-corrected chi connectivity index (χ2v) is 5.93. The van der Waals surface area contributed by atoms with Crippen molar-refractivity contribution in [2.24, 2.45) is 5.73 Å². The van der Waals surface area contributed by atoms with Crippen molar-refractivity contribution in [3.63, 3.8) is 0 Å². The Kier molecular flexibility index (Phi) is 2.94. The molecule has 18 heavy (non-hydrogen) atoms. The Hall–Kier alpha value is -0.870. The number of benzene rings is 1. The van der Waals surface area contributed by atoms with Crippen LogP contribution in [0.15, 0.2) is 17.0 Å². The van der Waals surface area contributed by atoms with Gasteiger partial charge in [-0.15, -0.1) is 11.8 Å². The first-order valence-corrected chi connectivity index (χ1v) is 7.64. The zero-order valence-corrected chi connectivity index (χ0v) is 11.7. The van der Waals surface area contributed by atoms with Gasteiger partial charge in [-0.1, -0.05) is 6.07 Å². The molecule has 0 amide bonds. The molecule has 1 aliphatic heterocycles. The summed E-state index contributed by atoms with van der Waals surface area (Å²) in [6.07, 6.45) is 4.45. The van der Waals surface area contributed by atoms with Gasteiger partial charge in [-0.25, -0.2) is 0 Å². The minimum absolute atomic E-state index is 0.161. The highest BCUT2D eigenvalue weighted by molar-refractivity contribution is 7.98. The second-order valence-electron chi connectivity index (χ2n) is 5.12. The average molecular weight is 265 g/mol. The van der Waals surface area contributed by atoms with E-state index in [9.17, 15) is 0 Å². The quantitative estimate of drug-likeness (QED) is 0.853. The van der Waals surface area contributed by atoms with E-state index in [-0.39, 0.29) is 11.5 Å². The van der Waals surface area contributed by atoms with E-state index < -0.39 is 0 Å². The standard InChI is InChI=1S/C14H19NO2S/c1-9(15)14(5-6-14)10-3-4-11-12(13(10)18-2)17-8-7-16-11/h3-4,9H,5-8,15H2,1-2H3. The van der Waals surface area contributed by atoms with Crippen LogP contribution in [-0.4, -0.2) is 25.5 Å². The molecule has 1 aromatic carbocycles. The molecule has 4 heteroatoms. The van der Waals surface area contributed by atoms with E-state index in [1.54, 1.807) is 11.8 Å². The van der Waals surface area contributed by atoms with E-state index >= 15 is 0 Å². The van der Waals surface area contributed by atoms with E-state index in [1.807, 2.05) is 6.07 Å². The molecule has 1 aliphatic carbocycles. The van der Waals surface area contributed by atoms with Gasteiger partial charge in [-0.3, -0.25) is 0 Å². The van der Waals surface area contributed by atoms with Gasteiger partial charge < -0.3 is 15.2 Å². The molecule has 1 saturated carbocycles. The normalized spacial score (nSPS) is 21.5. The van der Waals surface area contributed by atoms with Crippen molar-refractivity contribution in [3.05, 3.63) is 17.7 Å². The van der Waals surface area contributed by atoms with Gasteiger partial charge in [-0.05, 0) is 37.7 Å². The van der Waals surface area contributed by atoms with Crippen LogP contribution in [-0.2, 0) is 5.41 Å². The summed E-state index contributed by atoms with van der Waals surface area (Å²) in [5.41, 5.74) is 7.69. The third kappa shape index (κ3) is 1.70. The highest BCUT2D eigenvalue weighted by Gasteiger charge is 2.49. The van der Waals surface area contributed by atoms with Gasteiger partial charge in [0.25, 0.3) is 0 Å². The molecule has 98 valence electrons. The van der Waals surface area contributed by atoms with Crippen LogP contribution < -0.4 is 15.2 Å². The molecule has 0 radical (unpaired) electrons. The molecule has 1 atom stereocenters. The predicted molar refractivity (Wildman–Crippen MR) is 73.8 cm³/mol. The smallest absolute Gasteiger partial charge is 0.175 e. The first-order chi connectivity index (χ1) is 8.69. The van der Waals surface area contributed by atoms with Crippen molar-refractivity contribution in [3.8, 4) is 11.5 Å². The van der Waals surface area contributed by atoms with Crippen LogP contribution >= 0.6 is 11.8 Å². The Morgan fingerprint density at radius 3 is 2.61 bits per heavy atom. The van der Waals surface area contributed by atoms with E-state index in [0.29, 0.717) is 13.2 Å². The van der Waals surface area contributed by atoms with Crippen LogP contribution in [0, 0.1) is 0 Å². The van der Waals surface area contributed by atoms with Gasteiger partial charge >= 0.3 is 0 Å². The van der Waals surface area contributed by atoms with Gasteiger partial charge in [0.1, 0.15) is 13.2 Å². The van der Waals surface area contributed by atoms with Crippen LogP contribution in [0.1, 0.15) is 25.3 Å². The number of nitrogens with two attached hydrogens (primary N) is 1.